The number of fused-ring (bicyclic) bond motifs is 2. The van der Waals surface area contributed by atoms with E-state index in [4.69, 9.17) is 16.6 Å². The van der Waals surface area contributed by atoms with Gasteiger partial charge in [-0.3, -0.25) is 4.99 Å². The molecule has 0 radical (unpaired) electrons. The number of rotatable bonds is 1. The molecule has 110 valence electrons. The summed E-state index contributed by atoms with van der Waals surface area (Å²) in [4.78, 5) is 9.38. The van der Waals surface area contributed by atoms with Crippen molar-refractivity contribution in [2.45, 2.75) is 25.8 Å². The molecular formula is C17H15ClN4. The summed E-state index contributed by atoms with van der Waals surface area (Å²) >= 11 is 6.41. The van der Waals surface area contributed by atoms with Crippen LogP contribution < -0.4 is 0 Å². The lowest BCUT2D eigenvalue weighted by Crippen LogP contribution is -2.29. The van der Waals surface area contributed by atoms with Gasteiger partial charge < -0.3 is 0 Å². The van der Waals surface area contributed by atoms with Crippen LogP contribution in [0.15, 0.2) is 47.8 Å². The van der Waals surface area contributed by atoms with E-state index in [1.807, 2.05) is 30.6 Å². The largest absolute Gasteiger partial charge is 0.278 e. The SMILES string of the molecule is CC1(C)Cc2c(Cl)cccc2C(c2cnc3ccnn3c2)=N1. The Kier molecular flexibility index (Phi) is 2.84. The van der Waals surface area contributed by atoms with Crippen molar-refractivity contribution in [3.63, 3.8) is 0 Å². The van der Waals surface area contributed by atoms with Gasteiger partial charge in [-0.1, -0.05) is 23.7 Å². The van der Waals surface area contributed by atoms with E-state index >= 15 is 0 Å². The van der Waals surface area contributed by atoms with E-state index < -0.39 is 0 Å². The smallest absolute Gasteiger partial charge is 0.154 e. The second-order valence-corrected chi connectivity index (χ2v) is 6.60. The molecule has 0 unspecified atom stereocenters. The van der Waals surface area contributed by atoms with Crippen molar-refractivity contribution >= 4 is 23.0 Å². The quantitative estimate of drug-likeness (QED) is 0.690. The highest BCUT2D eigenvalue weighted by molar-refractivity contribution is 6.32. The molecule has 1 aliphatic heterocycles. The number of halogens is 1. The van der Waals surface area contributed by atoms with Crippen LogP contribution in [-0.2, 0) is 6.42 Å². The van der Waals surface area contributed by atoms with Crippen molar-refractivity contribution in [3.05, 3.63) is 64.6 Å². The number of benzene rings is 1. The fraction of sp³-hybridized carbons (Fsp3) is 0.235. The molecule has 0 saturated carbocycles. The minimum atomic E-state index is -0.188. The molecule has 4 rings (SSSR count). The molecule has 0 fully saturated rings. The van der Waals surface area contributed by atoms with Gasteiger partial charge in [-0.05, 0) is 31.9 Å². The number of hydrogen-bond donors (Lipinski definition) is 0. The molecule has 0 aliphatic carbocycles. The van der Waals surface area contributed by atoms with Crippen LogP contribution in [0.1, 0.15) is 30.5 Å². The third-order valence-corrected chi connectivity index (χ3v) is 4.27. The second-order valence-electron chi connectivity index (χ2n) is 6.19. The zero-order valence-electron chi connectivity index (χ0n) is 12.4. The summed E-state index contributed by atoms with van der Waals surface area (Å²) in [6, 6.07) is 7.85. The maximum Gasteiger partial charge on any atom is 0.154 e. The normalized spacial score (nSPS) is 16.4. The van der Waals surface area contributed by atoms with Crippen LogP contribution >= 0.6 is 11.6 Å². The Balaban J connectivity index is 1.96. The lowest BCUT2D eigenvalue weighted by molar-refractivity contribution is 0.513. The molecule has 0 N–H and O–H groups in total. The first-order valence-corrected chi connectivity index (χ1v) is 7.59. The molecule has 22 heavy (non-hydrogen) atoms. The van der Waals surface area contributed by atoms with Gasteiger partial charge in [0.25, 0.3) is 0 Å². The van der Waals surface area contributed by atoms with Crippen LogP contribution in [0.3, 0.4) is 0 Å². The Morgan fingerprint density at radius 3 is 2.95 bits per heavy atom. The predicted molar refractivity (Wildman–Crippen MR) is 87.9 cm³/mol. The van der Waals surface area contributed by atoms with Gasteiger partial charge in [-0.15, -0.1) is 0 Å². The highest BCUT2D eigenvalue weighted by atomic mass is 35.5. The topological polar surface area (TPSA) is 42.5 Å². The third-order valence-electron chi connectivity index (χ3n) is 3.92. The first-order valence-electron chi connectivity index (χ1n) is 7.21. The monoisotopic (exact) mass is 310 g/mol. The van der Waals surface area contributed by atoms with Gasteiger partial charge in [0.05, 0.1) is 17.4 Å². The Labute approximate surface area is 133 Å². The minimum Gasteiger partial charge on any atom is -0.278 e. The summed E-state index contributed by atoms with van der Waals surface area (Å²) in [5.74, 6) is 0. The molecule has 3 aromatic rings. The number of aromatic nitrogens is 3. The van der Waals surface area contributed by atoms with Crippen LogP contribution in [0.25, 0.3) is 5.65 Å². The van der Waals surface area contributed by atoms with E-state index in [9.17, 15) is 0 Å². The lowest BCUT2D eigenvalue weighted by atomic mass is 9.85. The highest BCUT2D eigenvalue weighted by Gasteiger charge is 2.29. The summed E-state index contributed by atoms with van der Waals surface area (Å²) in [6.07, 6.45) is 6.39. The van der Waals surface area contributed by atoms with Gasteiger partial charge >= 0.3 is 0 Å². The van der Waals surface area contributed by atoms with Crippen molar-refractivity contribution in [3.8, 4) is 0 Å². The fourth-order valence-corrected chi connectivity index (χ4v) is 3.19. The number of nitrogens with zero attached hydrogens (tertiary/aromatic N) is 4. The Morgan fingerprint density at radius 2 is 2.09 bits per heavy atom. The van der Waals surface area contributed by atoms with Crippen molar-refractivity contribution in [1.29, 1.82) is 0 Å². The van der Waals surface area contributed by atoms with Crippen LogP contribution in [-0.4, -0.2) is 25.8 Å². The fourth-order valence-electron chi connectivity index (χ4n) is 2.95. The minimum absolute atomic E-state index is 0.188. The van der Waals surface area contributed by atoms with Crippen molar-refractivity contribution in [1.82, 2.24) is 14.6 Å². The number of aliphatic imine (C=N–C) groups is 1. The van der Waals surface area contributed by atoms with Gasteiger partial charge in [-0.2, -0.15) is 5.10 Å². The molecule has 2 aromatic heterocycles. The molecule has 3 heterocycles. The summed E-state index contributed by atoms with van der Waals surface area (Å²) in [5.41, 5.74) is 4.75. The van der Waals surface area contributed by atoms with E-state index in [-0.39, 0.29) is 5.54 Å². The molecule has 0 spiro atoms. The van der Waals surface area contributed by atoms with Crippen LogP contribution in [0.4, 0.5) is 0 Å². The van der Waals surface area contributed by atoms with E-state index in [1.165, 1.54) is 0 Å². The maximum absolute atomic E-state index is 6.41. The lowest BCUT2D eigenvalue weighted by Gasteiger charge is -2.29. The average molecular weight is 311 g/mol. The molecule has 0 amide bonds. The van der Waals surface area contributed by atoms with E-state index in [1.54, 1.807) is 10.7 Å². The van der Waals surface area contributed by atoms with Crippen LogP contribution in [0.2, 0.25) is 5.02 Å². The van der Waals surface area contributed by atoms with Crippen LogP contribution in [0.5, 0.6) is 0 Å². The number of hydrogen-bond acceptors (Lipinski definition) is 3. The van der Waals surface area contributed by atoms with Crippen molar-refractivity contribution in [2.24, 2.45) is 4.99 Å². The molecule has 0 saturated heterocycles. The average Bonchev–Trinajstić information content (AvgIpc) is 2.94. The second kappa shape index (κ2) is 4.65. The molecule has 4 nitrogen and oxygen atoms in total. The zero-order chi connectivity index (χ0) is 15.3. The first-order chi connectivity index (χ1) is 10.5. The van der Waals surface area contributed by atoms with Crippen LogP contribution in [0, 0.1) is 0 Å². The summed E-state index contributed by atoms with van der Waals surface area (Å²) in [6.45, 7) is 4.25. The van der Waals surface area contributed by atoms with Gasteiger partial charge in [-0.25, -0.2) is 9.50 Å². The Hall–Kier alpha value is -2.20. The Bertz CT molecular complexity index is 908. The molecule has 0 atom stereocenters. The highest BCUT2D eigenvalue weighted by Crippen LogP contribution is 2.33. The van der Waals surface area contributed by atoms with Gasteiger partial charge in [0, 0.05) is 34.6 Å². The molecule has 0 bridgehead atoms. The van der Waals surface area contributed by atoms with E-state index in [2.05, 4.69) is 30.0 Å². The summed E-state index contributed by atoms with van der Waals surface area (Å²) in [5, 5.41) is 5.05. The van der Waals surface area contributed by atoms with Crippen molar-refractivity contribution in [2.75, 3.05) is 0 Å². The standard InChI is InChI=1S/C17H15ClN4/c1-17(2)8-13-12(4-3-5-14(13)18)16(21-17)11-9-19-15-6-7-20-22(15)10-11/h3-7,9-10H,8H2,1-2H3. The van der Waals surface area contributed by atoms with Crippen molar-refractivity contribution < 1.29 is 0 Å². The van der Waals surface area contributed by atoms with E-state index in [0.717, 1.165) is 39.5 Å². The van der Waals surface area contributed by atoms with E-state index in [0.29, 0.717) is 0 Å². The first kappa shape index (κ1) is 13.5. The summed E-state index contributed by atoms with van der Waals surface area (Å²) < 4.78 is 1.77. The molecule has 1 aromatic carbocycles. The Morgan fingerprint density at radius 1 is 1.23 bits per heavy atom. The van der Waals surface area contributed by atoms with Gasteiger partial charge in [0.2, 0.25) is 0 Å². The predicted octanol–water partition coefficient (Wildman–Crippen LogP) is 3.55. The summed E-state index contributed by atoms with van der Waals surface area (Å²) in [7, 11) is 0. The maximum atomic E-state index is 6.41. The third kappa shape index (κ3) is 2.11. The van der Waals surface area contributed by atoms with Gasteiger partial charge in [0.15, 0.2) is 5.65 Å². The zero-order valence-corrected chi connectivity index (χ0v) is 13.2. The molecule has 5 heteroatoms. The molecular weight excluding hydrogens is 296 g/mol. The van der Waals surface area contributed by atoms with Gasteiger partial charge in [0.1, 0.15) is 0 Å². The molecule has 1 aliphatic rings.